The maximum atomic E-state index is 13.4. The number of ketones is 1. The highest BCUT2D eigenvalue weighted by Gasteiger charge is 2.47. The number of amides is 1. The van der Waals surface area contributed by atoms with Crippen LogP contribution in [0.5, 0.6) is 0 Å². The Kier molecular flexibility index (Phi) is 7.45. The van der Waals surface area contributed by atoms with Gasteiger partial charge in [0.05, 0.1) is 16.5 Å². The number of halogens is 2. The van der Waals surface area contributed by atoms with E-state index in [0.717, 1.165) is 21.8 Å². The average Bonchev–Trinajstić information content (AvgIpc) is 3.62. The molecule has 2 aromatic heterocycles. The van der Waals surface area contributed by atoms with Crippen molar-refractivity contribution in [2.75, 3.05) is 4.90 Å². The van der Waals surface area contributed by atoms with Crippen LogP contribution in [-0.4, -0.2) is 31.9 Å². The third-order valence-electron chi connectivity index (χ3n) is 5.78. The summed E-state index contributed by atoms with van der Waals surface area (Å²) < 4.78 is 5.93. The van der Waals surface area contributed by atoms with Crippen LogP contribution in [0, 0.1) is 17.0 Å². The standard InChI is InChI=1S/C25H16Cl2N4O6S2/c1-12-5-8-18(37-12)21(32)19-20(13-3-2-4-16(9-13)31(35)36)30(23(34)22(19)33)24-28-29-25(39-24)38-11-14-6-7-15(26)10-17(14)27/h2-10,20,33H,11H2,1H3. The SMILES string of the molecule is Cc1ccc(C(=O)C2=C(O)C(=O)N(c3nnc(SCc4ccc(Cl)cc4Cl)s3)C2c2cccc([N+](=O)[O-])c2)o1. The second-order valence-electron chi connectivity index (χ2n) is 8.31. The largest absolute Gasteiger partial charge is 0.503 e. The number of furan rings is 1. The zero-order valence-electron chi connectivity index (χ0n) is 19.8. The van der Waals surface area contributed by atoms with E-state index in [1.807, 2.05) is 0 Å². The molecule has 1 aliphatic rings. The van der Waals surface area contributed by atoms with Crippen LogP contribution in [0.4, 0.5) is 10.8 Å². The number of nitrogens with zero attached hydrogens (tertiary/aromatic N) is 4. The van der Waals surface area contributed by atoms with Crippen LogP contribution in [-0.2, 0) is 10.5 Å². The minimum Gasteiger partial charge on any atom is -0.503 e. The van der Waals surface area contributed by atoms with Gasteiger partial charge in [-0.2, -0.15) is 0 Å². The molecule has 3 heterocycles. The Morgan fingerprint density at radius 3 is 2.69 bits per heavy atom. The summed E-state index contributed by atoms with van der Waals surface area (Å²) in [6, 6.07) is 12.4. The monoisotopic (exact) mass is 602 g/mol. The number of non-ortho nitro benzene ring substituents is 1. The van der Waals surface area contributed by atoms with E-state index in [-0.39, 0.29) is 27.7 Å². The molecule has 0 bridgehead atoms. The van der Waals surface area contributed by atoms with Gasteiger partial charge in [-0.25, -0.2) is 0 Å². The van der Waals surface area contributed by atoms with Crippen molar-refractivity contribution in [3.63, 3.8) is 0 Å². The second-order valence-corrected chi connectivity index (χ2v) is 11.3. The van der Waals surface area contributed by atoms with E-state index in [1.54, 1.807) is 31.2 Å². The van der Waals surface area contributed by atoms with Gasteiger partial charge in [0.25, 0.3) is 11.6 Å². The summed E-state index contributed by atoms with van der Waals surface area (Å²) >= 11 is 14.6. The molecule has 10 nitrogen and oxygen atoms in total. The number of hydrogen-bond donors (Lipinski definition) is 1. The van der Waals surface area contributed by atoms with E-state index in [9.17, 15) is 24.8 Å². The van der Waals surface area contributed by atoms with Gasteiger partial charge in [-0.3, -0.25) is 24.6 Å². The van der Waals surface area contributed by atoms with Crippen LogP contribution < -0.4 is 4.90 Å². The van der Waals surface area contributed by atoms with E-state index < -0.39 is 28.4 Å². The molecule has 39 heavy (non-hydrogen) atoms. The number of benzene rings is 2. The molecule has 0 saturated heterocycles. The molecule has 1 aliphatic heterocycles. The van der Waals surface area contributed by atoms with E-state index in [2.05, 4.69) is 10.2 Å². The molecule has 1 unspecified atom stereocenters. The number of aliphatic hydroxyl groups excluding tert-OH is 1. The predicted octanol–water partition coefficient (Wildman–Crippen LogP) is 6.73. The Morgan fingerprint density at radius 1 is 1.21 bits per heavy atom. The fraction of sp³-hybridized carbons (Fsp3) is 0.120. The molecule has 4 aromatic rings. The first kappa shape index (κ1) is 26.9. The molecule has 0 fully saturated rings. The number of aromatic nitrogens is 2. The molecule has 1 N–H and O–H groups in total. The van der Waals surface area contributed by atoms with Gasteiger partial charge in [0.2, 0.25) is 10.9 Å². The van der Waals surface area contributed by atoms with Gasteiger partial charge in [0.15, 0.2) is 15.9 Å². The van der Waals surface area contributed by atoms with Crippen molar-refractivity contribution in [3.05, 3.63) is 109 Å². The molecule has 5 rings (SSSR count). The van der Waals surface area contributed by atoms with Crippen molar-refractivity contribution >= 4 is 68.8 Å². The lowest BCUT2D eigenvalue weighted by Gasteiger charge is -2.23. The number of nitro benzene ring substituents is 1. The smallest absolute Gasteiger partial charge is 0.296 e. The van der Waals surface area contributed by atoms with Gasteiger partial charge in [0.1, 0.15) is 5.76 Å². The molecular weight excluding hydrogens is 587 g/mol. The summed E-state index contributed by atoms with van der Waals surface area (Å²) in [7, 11) is 0. The van der Waals surface area contributed by atoms with Crippen molar-refractivity contribution in [3.8, 4) is 0 Å². The zero-order valence-corrected chi connectivity index (χ0v) is 23.0. The van der Waals surface area contributed by atoms with E-state index in [4.69, 9.17) is 27.6 Å². The minimum absolute atomic E-state index is 0.0891. The number of carbonyl (C=O) groups excluding carboxylic acids is 2. The maximum absolute atomic E-state index is 13.4. The Bertz CT molecular complexity index is 1670. The van der Waals surface area contributed by atoms with Gasteiger partial charge in [-0.15, -0.1) is 10.2 Å². The fourth-order valence-electron chi connectivity index (χ4n) is 3.98. The normalized spacial score (nSPS) is 15.3. The summed E-state index contributed by atoms with van der Waals surface area (Å²) in [6.45, 7) is 1.65. The molecule has 14 heteroatoms. The van der Waals surface area contributed by atoms with Crippen LogP contribution in [0.3, 0.4) is 0 Å². The van der Waals surface area contributed by atoms with E-state index in [0.29, 0.717) is 25.9 Å². The molecule has 0 aliphatic carbocycles. The lowest BCUT2D eigenvalue weighted by Crippen LogP contribution is -2.31. The third kappa shape index (κ3) is 5.28. The number of Topliss-reactive ketones (excluding diaryl/α,β-unsaturated/α-hetero) is 1. The summed E-state index contributed by atoms with van der Waals surface area (Å²) in [5.41, 5.74) is 0.508. The zero-order chi connectivity index (χ0) is 27.8. The second kappa shape index (κ2) is 10.8. The molecule has 0 radical (unpaired) electrons. The Morgan fingerprint density at radius 2 is 2.00 bits per heavy atom. The van der Waals surface area contributed by atoms with Gasteiger partial charge >= 0.3 is 0 Å². The Hall–Kier alpha value is -3.71. The van der Waals surface area contributed by atoms with Crippen molar-refractivity contribution in [2.24, 2.45) is 0 Å². The average molecular weight is 603 g/mol. The Labute approximate surface area is 239 Å². The molecule has 198 valence electrons. The number of thioether (sulfide) groups is 1. The van der Waals surface area contributed by atoms with Gasteiger partial charge in [0, 0.05) is 27.9 Å². The van der Waals surface area contributed by atoms with Crippen LogP contribution >= 0.6 is 46.3 Å². The summed E-state index contributed by atoms with van der Waals surface area (Å²) in [4.78, 5) is 38.7. The van der Waals surface area contributed by atoms with Gasteiger partial charge in [-0.1, -0.05) is 64.5 Å². The van der Waals surface area contributed by atoms with Crippen molar-refractivity contribution in [2.45, 2.75) is 23.1 Å². The molecule has 0 spiro atoms. The highest BCUT2D eigenvalue weighted by molar-refractivity contribution is 8.00. The number of anilines is 1. The third-order valence-corrected chi connectivity index (χ3v) is 8.47. The lowest BCUT2D eigenvalue weighted by atomic mass is 9.95. The minimum atomic E-state index is -1.22. The quantitative estimate of drug-likeness (QED) is 0.0763. The number of nitro groups is 1. The number of carbonyl (C=O) groups is 2. The Balaban J connectivity index is 1.52. The summed E-state index contributed by atoms with van der Waals surface area (Å²) in [5.74, 6) is -1.62. The number of aliphatic hydroxyl groups is 1. The lowest BCUT2D eigenvalue weighted by molar-refractivity contribution is -0.384. The van der Waals surface area contributed by atoms with Crippen molar-refractivity contribution in [1.82, 2.24) is 10.2 Å². The topological polar surface area (TPSA) is 140 Å². The predicted molar refractivity (Wildman–Crippen MR) is 147 cm³/mol. The number of aryl methyl sites for hydroxylation is 1. The first-order valence-corrected chi connectivity index (χ1v) is 13.7. The molecule has 1 atom stereocenters. The van der Waals surface area contributed by atoms with E-state index >= 15 is 0 Å². The first-order chi connectivity index (χ1) is 18.6. The highest BCUT2D eigenvalue weighted by atomic mass is 35.5. The molecule has 1 amide bonds. The molecule has 2 aromatic carbocycles. The number of hydrogen-bond acceptors (Lipinski definition) is 10. The molecular formula is C25H16Cl2N4O6S2. The fourth-order valence-corrected chi connectivity index (χ4v) is 6.41. The van der Waals surface area contributed by atoms with E-state index in [1.165, 1.54) is 42.1 Å². The molecule has 0 saturated carbocycles. The van der Waals surface area contributed by atoms with Crippen LogP contribution in [0.2, 0.25) is 10.0 Å². The van der Waals surface area contributed by atoms with Gasteiger partial charge < -0.3 is 9.52 Å². The highest BCUT2D eigenvalue weighted by Crippen LogP contribution is 2.44. The van der Waals surface area contributed by atoms with Crippen LogP contribution in [0.1, 0.15) is 33.5 Å². The van der Waals surface area contributed by atoms with Crippen molar-refractivity contribution < 1.29 is 24.0 Å². The van der Waals surface area contributed by atoms with Crippen LogP contribution in [0.15, 0.2) is 74.7 Å². The number of rotatable bonds is 8. The first-order valence-electron chi connectivity index (χ1n) is 11.2. The van der Waals surface area contributed by atoms with Gasteiger partial charge in [-0.05, 0) is 42.3 Å². The maximum Gasteiger partial charge on any atom is 0.296 e. The summed E-state index contributed by atoms with van der Waals surface area (Å²) in [6.07, 6.45) is 0. The summed E-state index contributed by atoms with van der Waals surface area (Å²) in [5, 5.41) is 31.7. The van der Waals surface area contributed by atoms with Crippen LogP contribution in [0.25, 0.3) is 0 Å². The van der Waals surface area contributed by atoms with Crippen molar-refractivity contribution in [1.29, 1.82) is 0 Å².